The first-order valence-electron chi connectivity index (χ1n) is 13.7. The van der Waals surface area contributed by atoms with Gasteiger partial charge in [0.1, 0.15) is 0 Å². The fourth-order valence-electron chi connectivity index (χ4n) is 4.76. The van der Waals surface area contributed by atoms with Gasteiger partial charge in [-0.25, -0.2) is 0 Å². The van der Waals surface area contributed by atoms with Gasteiger partial charge in [0.25, 0.3) is 0 Å². The standard InChI is InChI=1S/C31H33F2O6.BrH.Hg/c1-3-35-30(34)31(32,33)29-28(38-21-25-17-11-6-12-18-25)27(37-20-24-15-9-5-10-16-24)26(22(2)39-29)36-19-23-13-7-4-8-14-23;;/h4-18,22,26-29H,2-3,19-21H2,1H3;1H;/q;;+1/p-1/t22-,26+,27-,28+,29+;;/m0../s1. The van der Waals surface area contributed by atoms with E-state index >= 15 is 8.78 Å². The first-order chi connectivity index (χ1) is 19.9. The van der Waals surface area contributed by atoms with Gasteiger partial charge >= 0.3 is 259 Å². The van der Waals surface area contributed by atoms with Crippen LogP contribution in [0.5, 0.6) is 0 Å². The summed E-state index contributed by atoms with van der Waals surface area (Å²) in [5.74, 6) is -5.62. The molecule has 10 heteroatoms. The van der Waals surface area contributed by atoms with Gasteiger partial charge in [-0.15, -0.1) is 0 Å². The zero-order valence-corrected chi connectivity index (χ0v) is 30.0. The van der Waals surface area contributed by atoms with Gasteiger partial charge < -0.3 is 0 Å². The minimum absolute atomic E-state index is 0.0178. The molecule has 3 aromatic carbocycles. The van der Waals surface area contributed by atoms with Crippen molar-refractivity contribution in [2.45, 2.75) is 67.1 Å². The molecule has 4 rings (SSSR count). The van der Waals surface area contributed by atoms with Gasteiger partial charge in [0.15, 0.2) is 0 Å². The van der Waals surface area contributed by atoms with Crippen LogP contribution in [-0.4, -0.2) is 49.0 Å². The van der Waals surface area contributed by atoms with Crippen LogP contribution in [0.3, 0.4) is 0 Å². The number of rotatable bonds is 14. The van der Waals surface area contributed by atoms with Crippen molar-refractivity contribution >= 4 is 17.9 Å². The number of hydrogen-bond acceptors (Lipinski definition) is 6. The van der Waals surface area contributed by atoms with E-state index in [0.29, 0.717) is 3.93 Å². The first kappa shape index (κ1) is 32.2. The van der Waals surface area contributed by atoms with Crippen LogP contribution in [0, 0.1) is 0 Å². The Morgan fingerprint density at radius 3 is 1.66 bits per heavy atom. The third-order valence-electron chi connectivity index (χ3n) is 6.79. The minimum atomic E-state index is -3.97. The van der Waals surface area contributed by atoms with E-state index in [1.165, 1.54) is 6.92 Å². The Hall–Kier alpha value is -1.75. The Morgan fingerprint density at radius 1 is 0.780 bits per heavy atom. The van der Waals surface area contributed by atoms with Crippen LogP contribution in [0.25, 0.3) is 0 Å². The SMILES string of the molecule is CCOC(=O)C(F)(F)[C@@H]1O[C@@H]([CH2][Hg][Br])[C@@H](OCc2ccccc2)[C@H](OCc2ccccc2)[C@H]1OCc1ccccc1. The molecule has 5 atom stereocenters. The van der Waals surface area contributed by atoms with Gasteiger partial charge in [-0.1, -0.05) is 0 Å². The molecule has 1 saturated heterocycles. The fourth-order valence-corrected chi connectivity index (χ4v) is 11.4. The number of hydrogen-bond donors (Lipinski definition) is 0. The van der Waals surface area contributed by atoms with Crippen molar-refractivity contribution in [3.8, 4) is 0 Å². The molecule has 1 heterocycles. The summed E-state index contributed by atoms with van der Waals surface area (Å²) in [6.45, 7) is 1.70. The van der Waals surface area contributed by atoms with Gasteiger partial charge in [-0.2, -0.15) is 0 Å². The average molecular weight is 820 g/mol. The van der Waals surface area contributed by atoms with Crippen LogP contribution in [0.15, 0.2) is 91.0 Å². The molecular weight excluding hydrogens is 787 g/mol. The number of halogens is 3. The van der Waals surface area contributed by atoms with E-state index in [2.05, 4.69) is 11.9 Å². The molecule has 0 spiro atoms. The van der Waals surface area contributed by atoms with Gasteiger partial charge in [0, 0.05) is 0 Å². The van der Waals surface area contributed by atoms with E-state index in [1.807, 2.05) is 91.0 Å². The number of carbonyl (C=O) groups is 1. The Bertz CT molecular complexity index is 1190. The monoisotopic (exact) mass is 820 g/mol. The van der Waals surface area contributed by atoms with E-state index in [-0.39, 0.29) is 26.4 Å². The number of ether oxygens (including phenoxy) is 5. The molecule has 1 aliphatic heterocycles. The van der Waals surface area contributed by atoms with Gasteiger partial charge in [0.2, 0.25) is 0 Å². The van der Waals surface area contributed by atoms with Crippen LogP contribution in [0.2, 0.25) is 3.93 Å². The van der Waals surface area contributed by atoms with Gasteiger partial charge in [-0.05, 0) is 0 Å². The van der Waals surface area contributed by atoms with Crippen LogP contribution in [-0.2, 0) is 70.4 Å². The van der Waals surface area contributed by atoms with Crippen molar-refractivity contribution in [1.29, 1.82) is 0 Å². The van der Waals surface area contributed by atoms with E-state index in [0.717, 1.165) is 16.7 Å². The zero-order valence-electron chi connectivity index (χ0n) is 22.9. The van der Waals surface area contributed by atoms with Crippen molar-refractivity contribution in [1.82, 2.24) is 0 Å². The summed E-state index contributed by atoms with van der Waals surface area (Å²) in [4.78, 5) is 12.6. The Kier molecular flexibility index (Phi) is 12.7. The van der Waals surface area contributed by atoms with E-state index in [9.17, 15) is 4.79 Å². The van der Waals surface area contributed by atoms with Gasteiger partial charge in [-0.3, -0.25) is 0 Å². The molecule has 0 amide bonds. The van der Waals surface area contributed by atoms with E-state index in [1.54, 1.807) is 0 Å². The summed E-state index contributed by atoms with van der Waals surface area (Å²) in [5.41, 5.74) is 2.58. The molecular formula is C31H33BrF2HgO6. The van der Waals surface area contributed by atoms with Crippen molar-refractivity contribution in [2.24, 2.45) is 0 Å². The number of carbonyl (C=O) groups excluding carboxylic acids is 1. The van der Waals surface area contributed by atoms with Gasteiger partial charge in [0.05, 0.1) is 0 Å². The molecule has 1 fully saturated rings. The van der Waals surface area contributed by atoms with Crippen LogP contribution < -0.4 is 0 Å². The van der Waals surface area contributed by atoms with Crippen LogP contribution >= 0.6 is 11.9 Å². The summed E-state index contributed by atoms with van der Waals surface area (Å²) in [6, 6.07) is 28.3. The van der Waals surface area contributed by atoms with Crippen molar-refractivity contribution in [3.05, 3.63) is 108 Å². The summed E-state index contributed by atoms with van der Waals surface area (Å²) >= 11 is 2.01. The summed E-state index contributed by atoms with van der Waals surface area (Å²) in [5, 5.41) is 0. The molecule has 216 valence electrons. The maximum atomic E-state index is 15.8. The first-order valence-corrected chi connectivity index (χ1v) is 29.5. The second-order valence-corrected chi connectivity index (χ2v) is 20.4. The fraction of sp³-hybridized carbons (Fsp3) is 0.387. The van der Waals surface area contributed by atoms with E-state index < -0.39 is 64.6 Å². The molecule has 0 saturated carbocycles. The third kappa shape index (κ3) is 8.87. The molecule has 0 unspecified atom stereocenters. The third-order valence-corrected chi connectivity index (χ3v) is 13.9. The zero-order chi connectivity index (χ0) is 29.1. The summed E-state index contributed by atoms with van der Waals surface area (Å²) < 4.78 is 62.1. The Labute approximate surface area is 257 Å². The normalized spacial score (nSPS) is 22.6. The predicted molar refractivity (Wildman–Crippen MR) is 149 cm³/mol. The number of benzene rings is 3. The molecule has 3 aromatic rings. The topological polar surface area (TPSA) is 63.2 Å². The molecule has 0 radical (unpaired) electrons. The summed E-state index contributed by atoms with van der Waals surface area (Å²) in [7, 11) is 0. The molecule has 0 bridgehead atoms. The molecule has 41 heavy (non-hydrogen) atoms. The van der Waals surface area contributed by atoms with Crippen LogP contribution in [0.1, 0.15) is 23.6 Å². The van der Waals surface area contributed by atoms with Crippen molar-refractivity contribution < 1.29 is 59.4 Å². The average Bonchev–Trinajstić information content (AvgIpc) is 3.00. The predicted octanol–water partition coefficient (Wildman–Crippen LogP) is 6.52. The molecule has 0 aliphatic carbocycles. The number of esters is 1. The van der Waals surface area contributed by atoms with Crippen molar-refractivity contribution in [3.63, 3.8) is 0 Å². The van der Waals surface area contributed by atoms with Crippen molar-refractivity contribution in [2.75, 3.05) is 6.61 Å². The second kappa shape index (κ2) is 16.2. The van der Waals surface area contributed by atoms with Crippen LogP contribution in [0.4, 0.5) is 8.78 Å². The van der Waals surface area contributed by atoms with E-state index in [4.69, 9.17) is 23.7 Å². The quantitative estimate of drug-likeness (QED) is 0.137. The molecule has 0 aromatic heterocycles. The molecule has 0 N–H and O–H groups in total. The molecule has 1 aliphatic rings. The Balaban J connectivity index is 1.71. The maximum absolute atomic E-state index is 15.8. The summed E-state index contributed by atoms with van der Waals surface area (Å²) in [6.07, 6.45) is -5.66. The molecule has 6 nitrogen and oxygen atoms in total. The second-order valence-electron chi connectivity index (χ2n) is 9.70. The number of alkyl halides is 2. The Morgan fingerprint density at radius 2 is 1.22 bits per heavy atom.